The molecule has 0 saturated heterocycles. The van der Waals surface area contributed by atoms with Gasteiger partial charge in [-0.3, -0.25) is 4.40 Å². The molecule has 0 atom stereocenters. The summed E-state index contributed by atoms with van der Waals surface area (Å²) in [5.41, 5.74) is 0.691. The molecule has 2 rings (SSSR count). The highest BCUT2D eigenvalue weighted by Crippen LogP contribution is 2.14. The Bertz CT molecular complexity index is 531. The van der Waals surface area contributed by atoms with Gasteiger partial charge in [0.05, 0.1) is 5.52 Å². The number of nitrogens with zero attached hydrogens (tertiary/aromatic N) is 3. The largest absolute Gasteiger partial charge is 0.476 e. The van der Waals surface area contributed by atoms with Crippen LogP contribution in [-0.2, 0) is 6.42 Å². The third-order valence-electron chi connectivity index (χ3n) is 2.32. The fraction of sp³-hybridized carbons (Fsp3) is 0.364. The van der Waals surface area contributed by atoms with Crippen LogP contribution in [0.2, 0.25) is 0 Å². The minimum Gasteiger partial charge on any atom is -0.476 e. The van der Waals surface area contributed by atoms with Crippen LogP contribution in [0.15, 0.2) is 18.6 Å². The van der Waals surface area contributed by atoms with E-state index in [1.165, 1.54) is 0 Å². The van der Waals surface area contributed by atoms with Gasteiger partial charge in [0.2, 0.25) is 0 Å². The van der Waals surface area contributed by atoms with E-state index in [-0.39, 0.29) is 5.69 Å². The van der Waals surface area contributed by atoms with Crippen molar-refractivity contribution >= 4 is 11.5 Å². The molecule has 0 aliphatic rings. The Morgan fingerprint density at radius 1 is 1.56 bits per heavy atom. The molecule has 0 aromatic carbocycles. The normalized spacial score (nSPS) is 11.2. The van der Waals surface area contributed by atoms with E-state index in [9.17, 15) is 4.79 Å². The van der Waals surface area contributed by atoms with E-state index in [0.29, 0.717) is 11.4 Å². The first kappa shape index (κ1) is 10.6. The van der Waals surface area contributed by atoms with E-state index >= 15 is 0 Å². The molecule has 0 amide bonds. The average Bonchev–Trinajstić information content (AvgIpc) is 2.57. The van der Waals surface area contributed by atoms with Crippen molar-refractivity contribution in [1.29, 1.82) is 0 Å². The summed E-state index contributed by atoms with van der Waals surface area (Å²) >= 11 is 0. The summed E-state index contributed by atoms with van der Waals surface area (Å²) in [6.07, 6.45) is 3.91. The van der Waals surface area contributed by atoms with E-state index in [1.807, 2.05) is 0 Å². The molecule has 0 bridgehead atoms. The highest BCUT2D eigenvalue weighted by atomic mass is 16.4. The molecule has 84 valence electrons. The molecular weight excluding hydrogens is 206 g/mol. The van der Waals surface area contributed by atoms with E-state index in [0.717, 1.165) is 12.2 Å². The topological polar surface area (TPSA) is 67.5 Å². The first-order valence-corrected chi connectivity index (χ1v) is 5.14. The van der Waals surface area contributed by atoms with Gasteiger partial charge in [-0.05, 0) is 12.0 Å². The molecule has 0 radical (unpaired) electrons. The number of carboxylic acids is 1. The number of hydrogen-bond acceptors (Lipinski definition) is 3. The van der Waals surface area contributed by atoms with Crippen LogP contribution in [0.25, 0.3) is 5.52 Å². The van der Waals surface area contributed by atoms with Gasteiger partial charge in [0, 0.05) is 12.6 Å². The molecule has 16 heavy (non-hydrogen) atoms. The maximum Gasteiger partial charge on any atom is 0.356 e. The van der Waals surface area contributed by atoms with Crippen LogP contribution in [0.3, 0.4) is 0 Å². The summed E-state index contributed by atoms with van der Waals surface area (Å²) in [5.74, 6) is 0.168. The van der Waals surface area contributed by atoms with Crippen molar-refractivity contribution in [2.45, 2.75) is 20.3 Å². The highest BCUT2D eigenvalue weighted by molar-refractivity contribution is 5.93. The highest BCUT2D eigenvalue weighted by Gasteiger charge is 2.16. The Hall–Kier alpha value is -1.91. The van der Waals surface area contributed by atoms with Gasteiger partial charge in [-0.25, -0.2) is 14.8 Å². The maximum atomic E-state index is 11.0. The summed E-state index contributed by atoms with van der Waals surface area (Å²) in [4.78, 5) is 19.2. The van der Waals surface area contributed by atoms with Crippen molar-refractivity contribution < 1.29 is 9.90 Å². The lowest BCUT2D eigenvalue weighted by atomic mass is 10.1. The molecule has 2 aromatic heterocycles. The van der Waals surface area contributed by atoms with Gasteiger partial charge in [-0.2, -0.15) is 0 Å². The van der Waals surface area contributed by atoms with Crippen molar-refractivity contribution in [1.82, 2.24) is 14.4 Å². The molecule has 5 nitrogen and oxygen atoms in total. The smallest absolute Gasteiger partial charge is 0.356 e. The van der Waals surface area contributed by atoms with Gasteiger partial charge in [-0.15, -0.1) is 0 Å². The molecule has 0 spiro atoms. The van der Waals surface area contributed by atoms with Crippen LogP contribution in [0, 0.1) is 5.92 Å². The maximum absolute atomic E-state index is 11.0. The summed E-state index contributed by atoms with van der Waals surface area (Å²) in [5, 5.41) is 9.03. The lowest BCUT2D eigenvalue weighted by Crippen LogP contribution is -2.00. The molecule has 2 aromatic rings. The van der Waals surface area contributed by atoms with Gasteiger partial charge in [0.25, 0.3) is 0 Å². The van der Waals surface area contributed by atoms with Crippen LogP contribution in [0.4, 0.5) is 0 Å². The number of hydrogen-bond donors (Lipinski definition) is 1. The number of fused-ring (bicyclic) bond motifs is 1. The van der Waals surface area contributed by atoms with E-state index in [4.69, 9.17) is 5.11 Å². The Morgan fingerprint density at radius 3 is 2.94 bits per heavy atom. The fourth-order valence-electron chi connectivity index (χ4n) is 1.67. The number of aromatic carboxylic acids is 1. The van der Waals surface area contributed by atoms with Crippen molar-refractivity contribution in [2.24, 2.45) is 5.92 Å². The second-order valence-electron chi connectivity index (χ2n) is 4.12. The number of carbonyl (C=O) groups is 1. The molecule has 0 unspecified atom stereocenters. The lowest BCUT2D eigenvalue weighted by Gasteiger charge is -2.02. The second-order valence-corrected chi connectivity index (χ2v) is 4.12. The zero-order valence-corrected chi connectivity index (χ0v) is 9.21. The van der Waals surface area contributed by atoms with Crippen molar-refractivity contribution in [2.75, 3.05) is 0 Å². The first-order valence-electron chi connectivity index (χ1n) is 5.14. The first-order chi connectivity index (χ1) is 7.59. The number of aromatic nitrogens is 3. The quantitative estimate of drug-likeness (QED) is 0.851. The Labute approximate surface area is 92.8 Å². The van der Waals surface area contributed by atoms with E-state index < -0.39 is 5.97 Å². The molecule has 0 saturated carbocycles. The zero-order valence-electron chi connectivity index (χ0n) is 9.21. The van der Waals surface area contributed by atoms with Gasteiger partial charge in [0.1, 0.15) is 12.2 Å². The zero-order chi connectivity index (χ0) is 11.7. The third kappa shape index (κ3) is 1.76. The monoisotopic (exact) mass is 219 g/mol. The minimum absolute atomic E-state index is 0.0954. The summed E-state index contributed by atoms with van der Waals surface area (Å²) in [7, 11) is 0. The van der Waals surface area contributed by atoms with Crippen molar-refractivity contribution in [3.63, 3.8) is 0 Å². The van der Waals surface area contributed by atoms with Crippen LogP contribution in [0.5, 0.6) is 0 Å². The lowest BCUT2D eigenvalue weighted by molar-refractivity contribution is 0.0693. The predicted octanol–water partition coefficient (Wildman–Crippen LogP) is 1.63. The molecule has 0 fully saturated rings. The molecule has 0 aliphatic carbocycles. The Morgan fingerprint density at radius 2 is 2.31 bits per heavy atom. The SMILES string of the molecule is CC(C)Cc1nc(C(=O)O)c2ccncn12. The third-order valence-corrected chi connectivity index (χ3v) is 2.32. The van der Waals surface area contributed by atoms with Gasteiger partial charge >= 0.3 is 5.97 Å². The summed E-state index contributed by atoms with van der Waals surface area (Å²) in [6, 6.07) is 1.67. The van der Waals surface area contributed by atoms with Crippen LogP contribution in [0.1, 0.15) is 30.2 Å². The molecular formula is C11H13N3O2. The van der Waals surface area contributed by atoms with Gasteiger partial charge in [-0.1, -0.05) is 13.8 Å². The van der Waals surface area contributed by atoms with Gasteiger partial charge < -0.3 is 5.11 Å². The van der Waals surface area contributed by atoms with E-state index in [2.05, 4.69) is 23.8 Å². The fourth-order valence-corrected chi connectivity index (χ4v) is 1.67. The average molecular weight is 219 g/mol. The molecule has 2 heterocycles. The molecule has 1 N–H and O–H groups in total. The standard InChI is InChI=1S/C11H13N3O2/c1-7(2)5-9-13-10(11(15)16)8-3-4-12-6-14(8)9/h3-4,6-7H,5H2,1-2H3,(H,15,16). The summed E-state index contributed by atoms with van der Waals surface area (Å²) in [6.45, 7) is 4.13. The van der Waals surface area contributed by atoms with Crippen molar-refractivity contribution in [3.05, 3.63) is 30.1 Å². The van der Waals surface area contributed by atoms with Crippen LogP contribution in [-0.4, -0.2) is 25.4 Å². The second kappa shape index (κ2) is 3.92. The van der Waals surface area contributed by atoms with Crippen molar-refractivity contribution in [3.8, 4) is 0 Å². The molecule has 0 aliphatic heterocycles. The predicted molar refractivity (Wildman–Crippen MR) is 58.5 cm³/mol. The van der Waals surface area contributed by atoms with Gasteiger partial charge in [0.15, 0.2) is 5.69 Å². The number of rotatable bonds is 3. The Kier molecular flexibility index (Phi) is 2.60. The summed E-state index contributed by atoms with van der Waals surface area (Å²) < 4.78 is 1.74. The minimum atomic E-state index is -1.00. The van der Waals surface area contributed by atoms with Crippen LogP contribution >= 0.6 is 0 Å². The Balaban J connectivity index is 2.62. The van der Waals surface area contributed by atoms with E-state index in [1.54, 1.807) is 23.0 Å². The number of imidazole rings is 1. The molecule has 5 heteroatoms. The number of carboxylic acid groups (broad SMARTS) is 1. The van der Waals surface area contributed by atoms with Crippen LogP contribution < -0.4 is 0 Å².